The molecule has 0 saturated heterocycles. The van der Waals surface area contributed by atoms with Gasteiger partial charge in [0.2, 0.25) is 0 Å². The molecule has 0 aromatic carbocycles. The van der Waals surface area contributed by atoms with Crippen LogP contribution in [0.25, 0.3) is 0 Å². The Bertz CT molecular complexity index is 479. The third-order valence-electron chi connectivity index (χ3n) is 6.11. The summed E-state index contributed by atoms with van der Waals surface area (Å²) in [6, 6.07) is 0. The van der Waals surface area contributed by atoms with Gasteiger partial charge in [0.15, 0.2) is 0 Å². The van der Waals surface area contributed by atoms with E-state index in [4.69, 9.17) is 10.8 Å². The Morgan fingerprint density at radius 2 is 1.75 bits per heavy atom. The number of rotatable bonds is 3. The van der Waals surface area contributed by atoms with E-state index in [1.807, 2.05) is 6.20 Å². The summed E-state index contributed by atoms with van der Waals surface area (Å²) in [5.74, 6) is 3.41. The van der Waals surface area contributed by atoms with E-state index in [1.165, 1.54) is 49.8 Å². The first-order valence-corrected chi connectivity index (χ1v) is 8.38. The first kappa shape index (κ1) is 12.9. The van der Waals surface area contributed by atoms with Crippen molar-refractivity contribution in [3.63, 3.8) is 0 Å². The van der Waals surface area contributed by atoms with Crippen molar-refractivity contribution in [3.8, 4) is 0 Å². The summed E-state index contributed by atoms with van der Waals surface area (Å²) in [7, 11) is 0. The largest absolute Gasteiger partial charge is 0.326 e. The zero-order chi connectivity index (χ0) is 13.9. The van der Waals surface area contributed by atoms with Crippen molar-refractivity contribution in [2.45, 2.75) is 70.4 Å². The van der Waals surface area contributed by atoms with E-state index >= 15 is 0 Å². The fourth-order valence-corrected chi connectivity index (χ4v) is 5.87. The summed E-state index contributed by atoms with van der Waals surface area (Å²) in [5.41, 5.74) is 8.95. The second-order valence-corrected chi connectivity index (χ2v) is 7.97. The molecule has 0 spiro atoms. The highest BCUT2D eigenvalue weighted by molar-refractivity contribution is 5.23. The Hall–Kier alpha value is -0.830. The summed E-state index contributed by atoms with van der Waals surface area (Å²) < 4.78 is 2.43. The van der Waals surface area contributed by atoms with Gasteiger partial charge in [-0.2, -0.15) is 5.10 Å². The lowest BCUT2D eigenvalue weighted by Gasteiger charge is -2.57. The Morgan fingerprint density at radius 3 is 2.20 bits per heavy atom. The molecule has 2 N–H and O–H groups in total. The van der Waals surface area contributed by atoms with E-state index in [9.17, 15) is 0 Å². The first-order valence-electron chi connectivity index (χ1n) is 8.38. The van der Waals surface area contributed by atoms with Crippen LogP contribution in [0.4, 0.5) is 0 Å². The van der Waals surface area contributed by atoms with Crippen molar-refractivity contribution in [3.05, 3.63) is 17.5 Å². The van der Waals surface area contributed by atoms with Crippen LogP contribution in [0.15, 0.2) is 6.20 Å². The van der Waals surface area contributed by atoms with Gasteiger partial charge in [-0.3, -0.25) is 4.68 Å². The molecule has 110 valence electrons. The third kappa shape index (κ3) is 1.71. The lowest BCUT2D eigenvalue weighted by atomic mass is 9.53. The van der Waals surface area contributed by atoms with Crippen molar-refractivity contribution in [2.75, 3.05) is 0 Å². The van der Waals surface area contributed by atoms with Crippen molar-refractivity contribution in [1.29, 1.82) is 0 Å². The molecule has 0 unspecified atom stereocenters. The van der Waals surface area contributed by atoms with Crippen molar-refractivity contribution in [2.24, 2.45) is 23.5 Å². The molecule has 4 bridgehead atoms. The van der Waals surface area contributed by atoms with E-state index in [1.54, 1.807) is 0 Å². The second-order valence-electron chi connectivity index (χ2n) is 7.97. The molecule has 3 heteroatoms. The van der Waals surface area contributed by atoms with Crippen molar-refractivity contribution >= 4 is 0 Å². The molecule has 1 aromatic rings. The lowest BCUT2D eigenvalue weighted by molar-refractivity contribution is -0.0511. The number of nitrogens with zero attached hydrogens (tertiary/aromatic N) is 2. The van der Waals surface area contributed by atoms with E-state index < -0.39 is 0 Å². The minimum absolute atomic E-state index is 0.335. The van der Waals surface area contributed by atoms with Crippen LogP contribution in [-0.4, -0.2) is 9.78 Å². The van der Waals surface area contributed by atoms with Crippen molar-refractivity contribution < 1.29 is 0 Å². The van der Waals surface area contributed by atoms with Crippen molar-refractivity contribution in [1.82, 2.24) is 9.78 Å². The van der Waals surface area contributed by atoms with E-state index in [2.05, 4.69) is 18.5 Å². The lowest BCUT2D eigenvalue weighted by Crippen LogP contribution is -2.52. The normalized spacial score (nSPS) is 38.9. The maximum Gasteiger partial charge on any atom is 0.0639 e. The quantitative estimate of drug-likeness (QED) is 0.917. The summed E-state index contributed by atoms with van der Waals surface area (Å²) in [6.45, 7) is 5.19. The zero-order valence-electron chi connectivity index (χ0n) is 12.8. The molecule has 4 saturated carbocycles. The highest BCUT2D eigenvalue weighted by atomic mass is 15.3. The topological polar surface area (TPSA) is 43.8 Å². The first-order chi connectivity index (χ1) is 9.61. The Balaban J connectivity index is 1.79. The Labute approximate surface area is 121 Å². The molecular formula is C17H27N3. The van der Waals surface area contributed by atoms with Gasteiger partial charge in [0.05, 0.1) is 11.7 Å². The highest BCUT2D eigenvalue weighted by Crippen LogP contribution is 2.59. The van der Waals surface area contributed by atoms with Crippen LogP contribution < -0.4 is 5.73 Å². The minimum Gasteiger partial charge on any atom is -0.326 e. The van der Waals surface area contributed by atoms with Gasteiger partial charge >= 0.3 is 0 Å². The molecule has 4 aliphatic rings. The molecule has 5 rings (SSSR count). The van der Waals surface area contributed by atoms with Gasteiger partial charge in [0.1, 0.15) is 0 Å². The van der Waals surface area contributed by atoms with Gasteiger partial charge in [-0.05, 0) is 62.2 Å². The maximum atomic E-state index is 5.94. The predicted octanol–water partition coefficient (Wildman–Crippen LogP) is 3.39. The second kappa shape index (κ2) is 4.33. The third-order valence-corrected chi connectivity index (χ3v) is 6.11. The molecule has 0 atom stereocenters. The standard InChI is InChI=1S/C17H27N3/c1-11(2)16-15(9-18)10-19-20(16)17-6-12-3-13(7-17)5-14(4-12)8-17/h10-14H,3-9,18H2,1-2H3. The SMILES string of the molecule is CC(C)c1c(CN)cnn1C12CC3CC(CC(C3)C1)C2. The van der Waals surface area contributed by atoms with Gasteiger partial charge in [-0.25, -0.2) is 0 Å². The summed E-state index contributed by atoms with van der Waals surface area (Å²) >= 11 is 0. The Morgan fingerprint density at radius 1 is 1.20 bits per heavy atom. The molecule has 0 amide bonds. The van der Waals surface area contributed by atoms with Crippen LogP contribution in [-0.2, 0) is 12.1 Å². The maximum absolute atomic E-state index is 5.94. The molecule has 1 aromatic heterocycles. The van der Waals surface area contributed by atoms with Crippen LogP contribution >= 0.6 is 0 Å². The van der Waals surface area contributed by atoms with E-state index in [0.717, 1.165) is 17.8 Å². The van der Waals surface area contributed by atoms with E-state index in [-0.39, 0.29) is 0 Å². The fourth-order valence-electron chi connectivity index (χ4n) is 5.87. The highest BCUT2D eigenvalue weighted by Gasteiger charge is 2.53. The molecule has 4 fully saturated rings. The predicted molar refractivity (Wildman–Crippen MR) is 80.4 cm³/mol. The number of hydrogen-bond acceptors (Lipinski definition) is 2. The average Bonchev–Trinajstić information content (AvgIpc) is 2.81. The molecular weight excluding hydrogens is 246 g/mol. The van der Waals surface area contributed by atoms with Crippen LogP contribution in [0.2, 0.25) is 0 Å². The zero-order valence-corrected chi connectivity index (χ0v) is 12.8. The molecule has 20 heavy (non-hydrogen) atoms. The molecule has 1 heterocycles. The molecule has 3 nitrogen and oxygen atoms in total. The van der Waals surface area contributed by atoms with Gasteiger partial charge in [-0.15, -0.1) is 0 Å². The van der Waals surface area contributed by atoms with Crippen LogP contribution in [0.1, 0.15) is 69.5 Å². The fraction of sp³-hybridized carbons (Fsp3) is 0.824. The number of hydrogen-bond donors (Lipinski definition) is 1. The van der Waals surface area contributed by atoms with Gasteiger partial charge in [0, 0.05) is 17.8 Å². The summed E-state index contributed by atoms with van der Waals surface area (Å²) in [6.07, 6.45) is 10.6. The monoisotopic (exact) mass is 273 g/mol. The van der Waals surface area contributed by atoms with Gasteiger partial charge in [-0.1, -0.05) is 13.8 Å². The molecule has 0 aliphatic heterocycles. The van der Waals surface area contributed by atoms with Crippen LogP contribution in [0.3, 0.4) is 0 Å². The smallest absolute Gasteiger partial charge is 0.0639 e. The van der Waals surface area contributed by atoms with Gasteiger partial charge in [0.25, 0.3) is 0 Å². The van der Waals surface area contributed by atoms with E-state index in [0.29, 0.717) is 18.0 Å². The minimum atomic E-state index is 0.335. The van der Waals surface area contributed by atoms with Gasteiger partial charge < -0.3 is 5.73 Å². The summed E-state index contributed by atoms with van der Waals surface area (Å²) in [4.78, 5) is 0. The summed E-state index contributed by atoms with van der Waals surface area (Å²) in [5, 5.41) is 4.83. The van der Waals surface area contributed by atoms with Crippen LogP contribution in [0.5, 0.6) is 0 Å². The molecule has 0 radical (unpaired) electrons. The molecule has 4 aliphatic carbocycles. The Kier molecular flexibility index (Phi) is 2.79. The number of nitrogens with two attached hydrogens (primary N) is 1. The average molecular weight is 273 g/mol. The van der Waals surface area contributed by atoms with Crippen LogP contribution in [0, 0.1) is 17.8 Å². The number of aromatic nitrogens is 2.